The molecule has 1 aliphatic rings. The number of rotatable bonds is 2. The summed E-state index contributed by atoms with van der Waals surface area (Å²) in [6.07, 6.45) is -3.50. The zero-order valence-electron chi connectivity index (χ0n) is 10.1. The van der Waals surface area contributed by atoms with E-state index in [0.717, 1.165) is 12.5 Å². The molecule has 2 unspecified atom stereocenters. The largest absolute Gasteiger partial charge is 0.433 e. The van der Waals surface area contributed by atoms with Crippen molar-refractivity contribution in [1.82, 2.24) is 4.98 Å². The molecule has 2 heterocycles. The third-order valence-corrected chi connectivity index (χ3v) is 3.31. The molecule has 100 valence electrons. The van der Waals surface area contributed by atoms with Crippen molar-refractivity contribution in [1.29, 1.82) is 0 Å². The lowest BCUT2D eigenvalue weighted by molar-refractivity contribution is -0.141. The minimum absolute atomic E-state index is 0.175. The van der Waals surface area contributed by atoms with Gasteiger partial charge >= 0.3 is 6.18 Å². The number of nitrogens with two attached hydrogens (primary N) is 1. The molecule has 1 aromatic rings. The van der Waals surface area contributed by atoms with Crippen molar-refractivity contribution in [3.05, 3.63) is 23.9 Å². The molecule has 6 heteroatoms. The molecular weight excluding hydrogens is 243 g/mol. The van der Waals surface area contributed by atoms with Gasteiger partial charge in [-0.25, -0.2) is 4.98 Å². The van der Waals surface area contributed by atoms with E-state index in [-0.39, 0.29) is 6.04 Å². The van der Waals surface area contributed by atoms with E-state index in [0.29, 0.717) is 24.8 Å². The van der Waals surface area contributed by atoms with Crippen molar-refractivity contribution in [3.8, 4) is 0 Å². The molecule has 0 aromatic carbocycles. The van der Waals surface area contributed by atoms with Gasteiger partial charge in [-0.1, -0.05) is 6.07 Å². The predicted octanol–water partition coefficient (Wildman–Crippen LogP) is 2.27. The summed E-state index contributed by atoms with van der Waals surface area (Å²) in [4.78, 5) is 5.60. The van der Waals surface area contributed by atoms with Crippen molar-refractivity contribution >= 4 is 5.82 Å². The van der Waals surface area contributed by atoms with Gasteiger partial charge in [-0.3, -0.25) is 0 Å². The third kappa shape index (κ3) is 2.58. The quantitative estimate of drug-likeness (QED) is 0.886. The van der Waals surface area contributed by atoms with Gasteiger partial charge in [-0.2, -0.15) is 13.2 Å². The number of aromatic nitrogens is 1. The fourth-order valence-corrected chi connectivity index (χ4v) is 2.37. The Morgan fingerprint density at radius 2 is 2.17 bits per heavy atom. The van der Waals surface area contributed by atoms with Crippen LogP contribution >= 0.6 is 0 Å². The molecule has 0 bridgehead atoms. The highest BCUT2D eigenvalue weighted by atomic mass is 19.4. The van der Waals surface area contributed by atoms with Crippen LogP contribution in [0.1, 0.15) is 19.0 Å². The van der Waals surface area contributed by atoms with Crippen molar-refractivity contribution in [2.24, 2.45) is 11.7 Å². The highest BCUT2D eigenvalue weighted by Crippen LogP contribution is 2.31. The second-order valence-electron chi connectivity index (χ2n) is 4.72. The normalized spacial score (nSPS) is 24.6. The monoisotopic (exact) mass is 259 g/mol. The average molecular weight is 259 g/mol. The summed E-state index contributed by atoms with van der Waals surface area (Å²) >= 11 is 0. The highest BCUT2D eigenvalue weighted by molar-refractivity contribution is 5.42. The zero-order chi connectivity index (χ0) is 13.3. The van der Waals surface area contributed by atoms with Gasteiger partial charge in [0.1, 0.15) is 11.5 Å². The fourth-order valence-electron chi connectivity index (χ4n) is 2.37. The minimum Gasteiger partial charge on any atom is -0.354 e. The van der Waals surface area contributed by atoms with Crippen LogP contribution in [-0.4, -0.2) is 24.1 Å². The van der Waals surface area contributed by atoms with Crippen molar-refractivity contribution in [2.45, 2.75) is 25.6 Å². The second-order valence-corrected chi connectivity index (χ2v) is 4.72. The van der Waals surface area contributed by atoms with Gasteiger partial charge in [0.25, 0.3) is 0 Å². The van der Waals surface area contributed by atoms with Gasteiger partial charge in [0.2, 0.25) is 0 Å². The maximum Gasteiger partial charge on any atom is 0.433 e. The van der Waals surface area contributed by atoms with Crippen molar-refractivity contribution in [3.63, 3.8) is 0 Å². The van der Waals surface area contributed by atoms with Crippen LogP contribution in [0, 0.1) is 5.92 Å². The molecule has 3 nitrogen and oxygen atoms in total. The first-order valence-corrected chi connectivity index (χ1v) is 5.92. The Bertz CT molecular complexity index is 419. The Kier molecular flexibility index (Phi) is 3.47. The Hall–Kier alpha value is -1.30. The minimum atomic E-state index is -4.40. The molecule has 1 fully saturated rings. The van der Waals surface area contributed by atoms with E-state index in [1.807, 2.05) is 11.8 Å². The molecule has 0 amide bonds. The van der Waals surface area contributed by atoms with Crippen LogP contribution in [0.2, 0.25) is 0 Å². The van der Waals surface area contributed by atoms with Crippen LogP contribution in [0.4, 0.5) is 19.0 Å². The number of hydrogen-bond acceptors (Lipinski definition) is 3. The molecule has 0 spiro atoms. The number of hydrogen-bond donors (Lipinski definition) is 1. The molecule has 2 N–H and O–H groups in total. The van der Waals surface area contributed by atoms with Crippen LogP contribution in [0.25, 0.3) is 0 Å². The van der Waals surface area contributed by atoms with E-state index in [1.54, 1.807) is 6.07 Å². The summed E-state index contributed by atoms with van der Waals surface area (Å²) in [5.41, 5.74) is 4.76. The predicted molar refractivity (Wildman–Crippen MR) is 63.2 cm³/mol. The van der Waals surface area contributed by atoms with Crippen LogP contribution in [0.5, 0.6) is 0 Å². The molecule has 0 aliphatic carbocycles. The molecule has 1 aliphatic heterocycles. The standard InChI is InChI=1S/C12H16F3N3/c1-8-5-9(6-16)7-18(8)11-4-2-3-10(17-11)12(13,14)15/h2-4,8-9H,5-7,16H2,1H3. The molecule has 1 aromatic heterocycles. The Morgan fingerprint density at radius 1 is 1.44 bits per heavy atom. The Balaban J connectivity index is 2.24. The summed E-state index contributed by atoms with van der Waals surface area (Å²) in [5.74, 6) is 0.713. The summed E-state index contributed by atoms with van der Waals surface area (Å²) in [7, 11) is 0. The number of alkyl halides is 3. The summed E-state index contributed by atoms with van der Waals surface area (Å²) in [6, 6.07) is 4.18. The molecule has 2 rings (SSSR count). The first-order valence-electron chi connectivity index (χ1n) is 5.92. The smallest absolute Gasteiger partial charge is 0.354 e. The summed E-state index contributed by atoms with van der Waals surface area (Å²) < 4.78 is 37.8. The van der Waals surface area contributed by atoms with Gasteiger partial charge < -0.3 is 10.6 Å². The SMILES string of the molecule is CC1CC(CN)CN1c1cccc(C(F)(F)F)n1. The average Bonchev–Trinajstić information content (AvgIpc) is 2.70. The number of pyridine rings is 1. The lowest BCUT2D eigenvalue weighted by atomic mass is 10.1. The van der Waals surface area contributed by atoms with E-state index in [9.17, 15) is 13.2 Å². The fraction of sp³-hybridized carbons (Fsp3) is 0.583. The third-order valence-electron chi connectivity index (χ3n) is 3.31. The molecule has 0 saturated carbocycles. The van der Waals surface area contributed by atoms with E-state index in [2.05, 4.69) is 4.98 Å². The van der Waals surface area contributed by atoms with Crippen molar-refractivity contribution in [2.75, 3.05) is 18.0 Å². The Labute approximate surface area is 104 Å². The molecular formula is C12H16F3N3. The first-order chi connectivity index (χ1) is 8.41. The topological polar surface area (TPSA) is 42.1 Å². The first kappa shape index (κ1) is 13.1. The van der Waals surface area contributed by atoms with Gasteiger partial charge in [0, 0.05) is 12.6 Å². The van der Waals surface area contributed by atoms with Gasteiger partial charge in [0.15, 0.2) is 0 Å². The number of nitrogens with zero attached hydrogens (tertiary/aromatic N) is 2. The van der Waals surface area contributed by atoms with E-state index >= 15 is 0 Å². The van der Waals surface area contributed by atoms with E-state index in [1.165, 1.54) is 6.07 Å². The molecule has 2 atom stereocenters. The maximum absolute atomic E-state index is 12.6. The van der Waals surface area contributed by atoms with E-state index < -0.39 is 11.9 Å². The van der Waals surface area contributed by atoms with Crippen LogP contribution < -0.4 is 10.6 Å². The lowest BCUT2D eigenvalue weighted by Gasteiger charge is -2.23. The van der Waals surface area contributed by atoms with Crippen molar-refractivity contribution < 1.29 is 13.2 Å². The summed E-state index contributed by atoms with van der Waals surface area (Å²) in [5, 5.41) is 0. The van der Waals surface area contributed by atoms with Gasteiger partial charge in [-0.15, -0.1) is 0 Å². The van der Waals surface area contributed by atoms with E-state index in [4.69, 9.17) is 5.73 Å². The number of anilines is 1. The zero-order valence-corrected chi connectivity index (χ0v) is 10.1. The van der Waals surface area contributed by atoms with Crippen LogP contribution in [0.3, 0.4) is 0 Å². The van der Waals surface area contributed by atoms with Gasteiger partial charge in [0.05, 0.1) is 0 Å². The maximum atomic E-state index is 12.6. The lowest BCUT2D eigenvalue weighted by Crippen LogP contribution is -2.29. The highest BCUT2D eigenvalue weighted by Gasteiger charge is 2.34. The Morgan fingerprint density at radius 3 is 2.72 bits per heavy atom. The number of halogens is 3. The van der Waals surface area contributed by atoms with Crippen LogP contribution in [-0.2, 0) is 6.18 Å². The summed E-state index contributed by atoms with van der Waals surface area (Å²) in [6.45, 7) is 3.21. The molecule has 1 saturated heterocycles. The second kappa shape index (κ2) is 4.76. The molecule has 18 heavy (non-hydrogen) atoms. The molecule has 0 radical (unpaired) electrons. The van der Waals surface area contributed by atoms with Gasteiger partial charge in [-0.05, 0) is 37.9 Å². The van der Waals surface area contributed by atoms with Crippen LogP contribution in [0.15, 0.2) is 18.2 Å².